The third-order valence-electron chi connectivity index (χ3n) is 6.20. The van der Waals surface area contributed by atoms with Crippen LogP contribution in [0.25, 0.3) is 0 Å². The molecule has 0 spiro atoms. The lowest BCUT2D eigenvalue weighted by molar-refractivity contribution is -0.914. The zero-order valence-electron chi connectivity index (χ0n) is 18.9. The summed E-state index contributed by atoms with van der Waals surface area (Å²) in [5, 5.41) is 35.6. The lowest BCUT2D eigenvalue weighted by Crippen LogP contribution is -2.71. The van der Waals surface area contributed by atoms with Gasteiger partial charge in [-0.2, -0.15) is 9.36 Å². The molecule has 4 heterocycles. The van der Waals surface area contributed by atoms with E-state index in [1.165, 1.54) is 23.8 Å². The minimum Gasteiger partial charge on any atom is -0.477 e. The van der Waals surface area contributed by atoms with Gasteiger partial charge in [0, 0.05) is 29.3 Å². The molecule has 2 fully saturated rings. The lowest BCUT2D eigenvalue weighted by Gasteiger charge is -2.50. The molecule has 190 valence electrons. The Morgan fingerprint density at radius 1 is 1.37 bits per heavy atom. The number of carboxylic acids is 1. The second kappa shape index (κ2) is 9.69. The van der Waals surface area contributed by atoms with E-state index in [1.54, 1.807) is 0 Å². The van der Waals surface area contributed by atoms with Crippen LogP contribution < -0.4 is 11.1 Å². The molecule has 4 rings (SSSR count). The fraction of sp³-hybridized carbons (Fsp3) is 0.579. The van der Waals surface area contributed by atoms with E-state index in [4.69, 9.17) is 10.6 Å². The Morgan fingerprint density at radius 3 is 2.71 bits per heavy atom. The highest BCUT2D eigenvalue weighted by Crippen LogP contribution is 2.41. The van der Waals surface area contributed by atoms with E-state index in [0.717, 1.165) is 11.5 Å². The summed E-state index contributed by atoms with van der Waals surface area (Å²) in [6.45, 7) is 1.15. The number of aliphatic hydroxyl groups excluding tert-OH is 2. The van der Waals surface area contributed by atoms with Crippen LogP contribution in [0, 0.1) is 0 Å². The largest absolute Gasteiger partial charge is 0.477 e. The summed E-state index contributed by atoms with van der Waals surface area (Å²) >= 11 is 2.21. The van der Waals surface area contributed by atoms with E-state index >= 15 is 0 Å². The van der Waals surface area contributed by atoms with Gasteiger partial charge in [-0.1, -0.05) is 5.16 Å². The number of aromatic nitrogens is 2. The number of rotatable bonds is 7. The Bertz CT molecular complexity index is 1110. The van der Waals surface area contributed by atoms with Crippen LogP contribution in [0.1, 0.15) is 12.2 Å². The number of likely N-dealkylation sites (tertiary alicyclic amines) is 1. The molecule has 5 atom stereocenters. The number of hydrogen-bond acceptors (Lipinski definition) is 12. The van der Waals surface area contributed by atoms with E-state index in [1.807, 2.05) is 7.05 Å². The molecule has 1 aromatic rings. The maximum absolute atomic E-state index is 13.0. The number of oxime groups is 1. The van der Waals surface area contributed by atoms with Crippen LogP contribution in [-0.2, 0) is 19.2 Å². The summed E-state index contributed by atoms with van der Waals surface area (Å²) < 4.78 is 4.28. The van der Waals surface area contributed by atoms with Gasteiger partial charge >= 0.3 is 5.97 Å². The van der Waals surface area contributed by atoms with Crippen molar-refractivity contribution in [3.8, 4) is 0 Å². The smallest absolute Gasteiger partial charge is 0.352 e. The number of fused-ring (bicyclic) bond motifs is 1. The van der Waals surface area contributed by atoms with Crippen molar-refractivity contribution in [1.82, 2.24) is 19.6 Å². The molecule has 3 aliphatic heterocycles. The second-order valence-electron chi connectivity index (χ2n) is 8.80. The molecular formula is C19H26N7O7S2+. The van der Waals surface area contributed by atoms with E-state index in [2.05, 4.69) is 19.8 Å². The molecule has 2 unspecified atom stereocenters. The van der Waals surface area contributed by atoms with Crippen LogP contribution in [-0.4, -0.2) is 121 Å². The summed E-state index contributed by atoms with van der Waals surface area (Å²) in [6, 6.07) is -0.974. The predicted octanol–water partition coefficient (Wildman–Crippen LogP) is -2.22. The average molecular weight is 529 g/mol. The summed E-state index contributed by atoms with van der Waals surface area (Å²) in [4.78, 5) is 47.8. The molecule has 14 nitrogen and oxygen atoms in total. The summed E-state index contributed by atoms with van der Waals surface area (Å²) in [5.41, 5.74) is 5.77. The zero-order valence-corrected chi connectivity index (χ0v) is 20.6. The number of piperidine rings is 1. The number of β-lactam (4-membered cyclic amide) rings is 1. The topological polar surface area (TPSA) is 201 Å². The Morgan fingerprint density at radius 2 is 2.11 bits per heavy atom. The first-order chi connectivity index (χ1) is 16.5. The van der Waals surface area contributed by atoms with Gasteiger partial charge in [-0.05, 0) is 0 Å². The minimum absolute atomic E-state index is 0.0500. The van der Waals surface area contributed by atoms with Crippen molar-refractivity contribution < 1.29 is 39.0 Å². The summed E-state index contributed by atoms with van der Waals surface area (Å²) in [6.07, 6.45) is -1.31. The van der Waals surface area contributed by atoms with Gasteiger partial charge in [-0.15, -0.1) is 11.8 Å². The number of quaternary nitrogens is 1. The number of thioether (sulfide) groups is 1. The molecule has 2 saturated heterocycles. The van der Waals surface area contributed by atoms with Crippen LogP contribution in [0.2, 0.25) is 0 Å². The molecular weight excluding hydrogens is 502 g/mol. The quantitative estimate of drug-likeness (QED) is 0.111. The fourth-order valence-corrected chi connectivity index (χ4v) is 6.30. The van der Waals surface area contributed by atoms with Crippen LogP contribution in [0.4, 0.5) is 5.13 Å². The fourth-order valence-electron chi connectivity index (χ4n) is 4.53. The van der Waals surface area contributed by atoms with Crippen LogP contribution in [0.3, 0.4) is 0 Å². The number of aliphatic carboxylic acids is 1. The molecule has 0 aliphatic carbocycles. The van der Waals surface area contributed by atoms with Crippen molar-refractivity contribution in [2.45, 2.75) is 30.0 Å². The molecule has 2 amide bonds. The second-order valence-corrected chi connectivity index (χ2v) is 10.7. The van der Waals surface area contributed by atoms with Crippen LogP contribution in [0.15, 0.2) is 16.4 Å². The van der Waals surface area contributed by atoms with Gasteiger partial charge in [0.1, 0.15) is 43.4 Å². The molecule has 35 heavy (non-hydrogen) atoms. The van der Waals surface area contributed by atoms with Crippen LogP contribution >= 0.6 is 23.3 Å². The van der Waals surface area contributed by atoms with E-state index < -0.39 is 41.4 Å². The number of likely N-dealkylation sites (N-methyl/N-ethyl adjacent to an activating group) is 1. The van der Waals surface area contributed by atoms with Crippen molar-refractivity contribution in [2.75, 3.05) is 45.3 Å². The molecule has 16 heteroatoms. The zero-order chi connectivity index (χ0) is 25.5. The van der Waals surface area contributed by atoms with Crippen molar-refractivity contribution in [1.29, 1.82) is 0 Å². The molecule has 0 bridgehead atoms. The number of hydrogen-bond donors (Lipinski definition) is 5. The first-order valence-electron chi connectivity index (χ1n) is 10.7. The molecule has 3 aliphatic rings. The summed E-state index contributed by atoms with van der Waals surface area (Å²) in [5.74, 6) is -2.28. The maximum atomic E-state index is 13.0. The number of amides is 2. The van der Waals surface area contributed by atoms with E-state index in [0.29, 0.717) is 35.3 Å². The monoisotopic (exact) mass is 528 g/mol. The predicted molar refractivity (Wildman–Crippen MR) is 125 cm³/mol. The third kappa shape index (κ3) is 4.84. The third-order valence-corrected chi connectivity index (χ3v) is 8.08. The average Bonchev–Trinajstić information content (AvgIpc) is 3.23. The first kappa shape index (κ1) is 25.3. The number of carboxylic acid groups (broad SMARTS) is 1. The van der Waals surface area contributed by atoms with Crippen molar-refractivity contribution in [2.24, 2.45) is 5.16 Å². The maximum Gasteiger partial charge on any atom is 0.352 e. The van der Waals surface area contributed by atoms with Gasteiger partial charge in [0.05, 0.1) is 19.7 Å². The molecule has 6 N–H and O–H groups in total. The highest BCUT2D eigenvalue weighted by atomic mass is 32.2. The standard InChI is InChI=1S/C19H25N7O7S2/c1-26(4-3-9(27)10(28)6-26)5-8-7-34-17-12(16(30)25(17)13(8)18(31)32)21-15(29)11(23-33-2)14-22-19(20)35-24-14/h9-10,12,17,27-28H,3-7H2,1-2H3,(H3-,20,21,22,24,29,31,32)/p+1/b23-11-/t9-,10-,12?,17-,26?/m1/s1. The number of carbonyl (C=O) groups excluding carboxylic acids is 2. The Kier molecular flexibility index (Phi) is 7.01. The number of nitrogens with one attached hydrogen (secondary N) is 1. The number of nitrogens with zero attached hydrogens (tertiary/aromatic N) is 5. The van der Waals surface area contributed by atoms with Crippen LogP contribution in [0.5, 0.6) is 0 Å². The SMILES string of the molecule is CO/N=C(\C(=O)NC1C(=O)N2C(C(=O)O)=C(C[N+]3(C)CC[C@@H](O)[C@H](O)C3)CS[C@H]12)c1nsc(N)n1. The van der Waals surface area contributed by atoms with Crippen molar-refractivity contribution in [3.05, 3.63) is 17.1 Å². The van der Waals surface area contributed by atoms with Gasteiger partial charge in [0.25, 0.3) is 11.8 Å². The normalized spacial score (nSPS) is 31.0. The van der Waals surface area contributed by atoms with E-state index in [9.17, 15) is 29.7 Å². The number of nitrogen functional groups attached to an aromatic ring is 1. The van der Waals surface area contributed by atoms with Crippen molar-refractivity contribution in [3.63, 3.8) is 0 Å². The number of anilines is 1. The summed E-state index contributed by atoms with van der Waals surface area (Å²) in [7, 11) is 3.13. The van der Waals surface area contributed by atoms with Gasteiger partial charge in [0.15, 0.2) is 5.13 Å². The molecule has 0 radical (unpaired) electrons. The molecule has 1 aromatic heterocycles. The van der Waals surface area contributed by atoms with Crippen molar-refractivity contribution >= 4 is 51.9 Å². The van der Waals surface area contributed by atoms with Gasteiger partial charge in [-0.25, -0.2) is 4.79 Å². The van der Waals surface area contributed by atoms with Gasteiger partial charge in [-0.3, -0.25) is 14.5 Å². The lowest BCUT2D eigenvalue weighted by atomic mass is 9.99. The Hall–Kier alpha value is -2.79. The molecule has 0 saturated carbocycles. The Balaban J connectivity index is 1.51. The first-order valence-corrected chi connectivity index (χ1v) is 12.5. The van der Waals surface area contributed by atoms with Gasteiger partial charge < -0.3 is 35.7 Å². The number of carbonyl (C=O) groups is 3. The number of aliphatic hydroxyl groups is 2. The van der Waals surface area contributed by atoms with E-state index in [-0.39, 0.29) is 28.9 Å². The minimum atomic E-state index is -1.24. The number of nitrogens with two attached hydrogens (primary N) is 1. The van der Waals surface area contributed by atoms with Gasteiger partial charge in [0.2, 0.25) is 11.5 Å². The highest BCUT2D eigenvalue weighted by molar-refractivity contribution is 8.00. The Labute approximate surface area is 208 Å². The highest BCUT2D eigenvalue weighted by Gasteiger charge is 2.55. The molecule has 0 aromatic carbocycles.